The lowest BCUT2D eigenvalue weighted by atomic mass is 9.78. The van der Waals surface area contributed by atoms with Gasteiger partial charge in [-0.25, -0.2) is 4.68 Å². The monoisotopic (exact) mass is 586 g/mol. The van der Waals surface area contributed by atoms with Crippen LogP contribution >= 0.6 is 24.8 Å². The van der Waals surface area contributed by atoms with Gasteiger partial charge in [-0.3, -0.25) is 0 Å². The highest BCUT2D eigenvalue weighted by Crippen LogP contribution is 2.49. The van der Waals surface area contributed by atoms with E-state index in [1.807, 2.05) is 25.2 Å². The van der Waals surface area contributed by atoms with Crippen molar-refractivity contribution in [2.24, 2.45) is 7.05 Å². The van der Waals surface area contributed by atoms with Crippen LogP contribution in [0.2, 0.25) is 0 Å². The number of halogens is 5. The van der Waals surface area contributed by atoms with E-state index >= 15 is 0 Å². The summed E-state index contributed by atoms with van der Waals surface area (Å²) in [6.45, 7) is 0.346. The maximum Gasteiger partial charge on any atom is 0.573 e. The summed E-state index contributed by atoms with van der Waals surface area (Å²) in [5, 5.41) is 19.8. The van der Waals surface area contributed by atoms with Crippen molar-refractivity contribution in [1.82, 2.24) is 30.8 Å². The first kappa shape index (κ1) is 29.4. The molecule has 3 aliphatic rings. The van der Waals surface area contributed by atoms with E-state index in [1.54, 1.807) is 10.7 Å². The molecular weight excluding hydrogens is 556 g/mol. The van der Waals surface area contributed by atoms with E-state index in [2.05, 4.69) is 43.0 Å². The fourth-order valence-electron chi connectivity index (χ4n) is 5.93. The minimum Gasteiger partial charge on any atom is -0.490 e. The predicted molar refractivity (Wildman–Crippen MR) is 142 cm³/mol. The number of alkyl halides is 3. The minimum atomic E-state index is -4.75. The first-order chi connectivity index (χ1) is 17.8. The van der Waals surface area contributed by atoms with Crippen LogP contribution in [0.5, 0.6) is 11.5 Å². The quantitative estimate of drug-likeness (QED) is 0.392. The lowest BCUT2D eigenvalue weighted by molar-refractivity contribution is -0.274. The fourth-order valence-corrected chi connectivity index (χ4v) is 5.93. The van der Waals surface area contributed by atoms with Gasteiger partial charge in [-0.1, -0.05) is 30.3 Å². The number of benzene rings is 2. The molecule has 1 aliphatic carbocycles. The zero-order valence-electron chi connectivity index (χ0n) is 21.2. The normalized spacial score (nSPS) is 25.9. The Balaban J connectivity index is 0.00000176. The maximum atomic E-state index is 12.9. The molecule has 39 heavy (non-hydrogen) atoms. The number of piperidine rings is 1. The largest absolute Gasteiger partial charge is 0.573 e. The Labute approximate surface area is 236 Å². The van der Waals surface area contributed by atoms with Crippen LogP contribution in [-0.4, -0.2) is 44.8 Å². The van der Waals surface area contributed by atoms with Crippen LogP contribution in [0.25, 0.3) is 0 Å². The average molecular weight is 587 g/mol. The standard InChI is InChI=1S/C26H29F3N6O2.2ClH/c1-35-24(32-33-34-35)20-14-25(17-5-3-2-4-6-17)23(12-10-21(20)31-25)30-15-16-13-19(37-26(27,28)29)9-11-22(16)36-18-7-8-18;;/h2-6,9,11,13,18,20-21,23,30-31H,7-8,10,12,14-15H2,1H3;2*1H. The zero-order valence-corrected chi connectivity index (χ0v) is 22.9. The molecule has 13 heteroatoms. The van der Waals surface area contributed by atoms with Gasteiger partial charge in [0.2, 0.25) is 0 Å². The maximum absolute atomic E-state index is 12.9. The van der Waals surface area contributed by atoms with Crippen LogP contribution in [0.15, 0.2) is 48.5 Å². The zero-order chi connectivity index (χ0) is 25.6. The number of aromatic nitrogens is 4. The molecule has 0 radical (unpaired) electrons. The lowest BCUT2D eigenvalue weighted by Gasteiger charge is -2.43. The molecule has 0 spiro atoms. The fraction of sp³-hybridized carbons (Fsp3) is 0.500. The molecule has 1 saturated carbocycles. The third-order valence-electron chi connectivity index (χ3n) is 7.73. The number of nitrogens with one attached hydrogen (secondary N) is 2. The molecule has 6 rings (SSSR count). The molecule has 1 aromatic heterocycles. The van der Waals surface area contributed by atoms with Crippen LogP contribution in [0, 0.1) is 0 Å². The average Bonchev–Trinajstić information content (AvgIpc) is 3.51. The van der Waals surface area contributed by atoms with Crippen molar-refractivity contribution in [3.63, 3.8) is 0 Å². The summed E-state index contributed by atoms with van der Waals surface area (Å²) >= 11 is 0. The molecular formula is C26H31Cl2F3N6O2. The molecule has 4 unspecified atom stereocenters. The van der Waals surface area contributed by atoms with Gasteiger partial charge >= 0.3 is 6.36 Å². The van der Waals surface area contributed by atoms with Crippen LogP contribution in [0.1, 0.15) is 55.0 Å². The summed E-state index contributed by atoms with van der Waals surface area (Å²) < 4.78 is 50.6. The summed E-state index contributed by atoms with van der Waals surface area (Å²) in [4.78, 5) is 0. The Morgan fingerprint density at radius 1 is 1.08 bits per heavy atom. The number of aryl methyl sites for hydroxylation is 1. The van der Waals surface area contributed by atoms with E-state index in [4.69, 9.17) is 4.74 Å². The van der Waals surface area contributed by atoms with Gasteiger partial charge in [0.1, 0.15) is 11.5 Å². The third kappa shape index (κ3) is 6.11. The first-order valence-electron chi connectivity index (χ1n) is 12.6. The van der Waals surface area contributed by atoms with Gasteiger partial charge in [0.15, 0.2) is 5.82 Å². The predicted octanol–water partition coefficient (Wildman–Crippen LogP) is 4.79. The SMILES string of the molecule is Cl.Cl.Cn1nnnc1C1CC2(c3ccccc3)NC1CCC2NCc1cc(OC(F)(F)F)ccc1OC1CC1. The molecule has 2 aliphatic heterocycles. The molecule has 2 saturated heterocycles. The second kappa shape index (κ2) is 11.5. The molecule has 212 valence electrons. The van der Waals surface area contributed by atoms with E-state index < -0.39 is 6.36 Å². The molecule has 2 bridgehead atoms. The topological polar surface area (TPSA) is 86.1 Å². The minimum absolute atomic E-state index is 0. The summed E-state index contributed by atoms with van der Waals surface area (Å²) in [5.41, 5.74) is 1.43. The number of tetrazole rings is 1. The van der Waals surface area contributed by atoms with Gasteiger partial charge in [-0.05, 0) is 66.3 Å². The smallest absolute Gasteiger partial charge is 0.490 e. The Bertz CT molecular complexity index is 1260. The summed E-state index contributed by atoms with van der Waals surface area (Å²) in [5.74, 6) is 1.34. The van der Waals surface area contributed by atoms with E-state index in [9.17, 15) is 13.2 Å². The highest BCUT2D eigenvalue weighted by Gasteiger charge is 2.55. The summed E-state index contributed by atoms with van der Waals surface area (Å²) in [7, 11) is 1.86. The summed E-state index contributed by atoms with van der Waals surface area (Å²) in [6.07, 6.45) is -0.101. The van der Waals surface area contributed by atoms with Crippen molar-refractivity contribution in [2.45, 2.75) is 74.7 Å². The molecule has 3 aromatic rings. The Kier molecular flexibility index (Phi) is 8.65. The van der Waals surface area contributed by atoms with Crippen LogP contribution in [0.4, 0.5) is 13.2 Å². The van der Waals surface area contributed by atoms with Crippen LogP contribution in [-0.2, 0) is 19.1 Å². The second-order valence-corrected chi connectivity index (χ2v) is 10.2. The summed E-state index contributed by atoms with van der Waals surface area (Å²) in [6, 6.07) is 14.9. The van der Waals surface area contributed by atoms with Crippen LogP contribution in [0.3, 0.4) is 0 Å². The molecule has 8 nitrogen and oxygen atoms in total. The molecule has 0 amide bonds. The number of hydrogen-bond acceptors (Lipinski definition) is 7. The van der Waals surface area contributed by atoms with Crippen LogP contribution < -0.4 is 20.1 Å². The molecule has 3 heterocycles. The van der Waals surface area contributed by atoms with Crippen molar-refractivity contribution in [3.8, 4) is 11.5 Å². The van der Waals surface area contributed by atoms with Gasteiger partial charge in [0, 0.05) is 37.2 Å². The number of fused-ring (bicyclic) bond motifs is 2. The second-order valence-electron chi connectivity index (χ2n) is 10.2. The van der Waals surface area contributed by atoms with E-state index in [0.29, 0.717) is 17.9 Å². The lowest BCUT2D eigenvalue weighted by Crippen LogP contribution is -2.58. The van der Waals surface area contributed by atoms with E-state index in [1.165, 1.54) is 17.7 Å². The van der Waals surface area contributed by atoms with Crippen molar-refractivity contribution < 1.29 is 22.6 Å². The Morgan fingerprint density at radius 2 is 1.85 bits per heavy atom. The first-order valence-corrected chi connectivity index (χ1v) is 12.6. The Hall–Kier alpha value is -2.60. The number of ether oxygens (including phenoxy) is 2. The van der Waals surface area contributed by atoms with Gasteiger partial charge in [-0.2, -0.15) is 0 Å². The van der Waals surface area contributed by atoms with Crippen molar-refractivity contribution >= 4 is 24.8 Å². The number of nitrogens with zero attached hydrogens (tertiary/aromatic N) is 4. The van der Waals surface area contributed by atoms with Gasteiger partial charge in [0.25, 0.3) is 0 Å². The van der Waals surface area contributed by atoms with Crippen molar-refractivity contribution in [1.29, 1.82) is 0 Å². The Morgan fingerprint density at radius 3 is 2.51 bits per heavy atom. The number of rotatable bonds is 8. The van der Waals surface area contributed by atoms with Crippen molar-refractivity contribution in [3.05, 3.63) is 65.5 Å². The molecule has 2 N–H and O–H groups in total. The van der Waals surface area contributed by atoms with Crippen molar-refractivity contribution in [2.75, 3.05) is 0 Å². The van der Waals surface area contributed by atoms with E-state index in [-0.39, 0.29) is 60.2 Å². The van der Waals surface area contributed by atoms with E-state index in [0.717, 1.165) is 37.9 Å². The highest BCUT2D eigenvalue weighted by molar-refractivity contribution is 5.85. The highest BCUT2D eigenvalue weighted by atomic mass is 35.5. The van der Waals surface area contributed by atoms with Gasteiger partial charge in [0.05, 0.1) is 11.6 Å². The van der Waals surface area contributed by atoms with Gasteiger partial charge in [-0.15, -0.1) is 43.1 Å². The molecule has 4 atom stereocenters. The van der Waals surface area contributed by atoms with Gasteiger partial charge < -0.3 is 20.1 Å². The third-order valence-corrected chi connectivity index (χ3v) is 7.73. The molecule has 2 aromatic carbocycles. The number of hydrogen-bond donors (Lipinski definition) is 2. The molecule has 3 fully saturated rings.